The van der Waals surface area contributed by atoms with Crippen molar-refractivity contribution in [3.05, 3.63) is 46.7 Å². The van der Waals surface area contributed by atoms with Crippen molar-refractivity contribution in [1.82, 2.24) is 24.9 Å². The number of ether oxygens (including phenoxy) is 1. The van der Waals surface area contributed by atoms with E-state index in [9.17, 15) is 13.2 Å². The normalized spacial score (nSPS) is 23.6. The quantitative estimate of drug-likeness (QED) is 0.577. The average Bonchev–Trinajstić information content (AvgIpc) is 2.73. The second-order valence-electron chi connectivity index (χ2n) is 8.92. The topological polar surface area (TPSA) is 76.9 Å². The Bertz CT molecular complexity index is 1190. The zero-order chi connectivity index (χ0) is 23.3. The smallest absolute Gasteiger partial charge is 0.370 e. The van der Waals surface area contributed by atoms with Gasteiger partial charge in [0.25, 0.3) is 0 Å². The monoisotopic (exact) mass is 458 g/mol. The van der Waals surface area contributed by atoms with E-state index in [0.717, 1.165) is 22.6 Å². The molecule has 10 heteroatoms. The van der Waals surface area contributed by atoms with Crippen LogP contribution in [0.4, 0.5) is 19.1 Å². The second-order valence-corrected chi connectivity index (χ2v) is 8.92. The van der Waals surface area contributed by atoms with Crippen LogP contribution < -0.4 is 4.90 Å². The Balaban J connectivity index is 1.50. The largest absolute Gasteiger partial charge is 0.391 e. The summed E-state index contributed by atoms with van der Waals surface area (Å²) in [6.45, 7) is 7.21. The first-order valence-electron chi connectivity index (χ1n) is 11.1. The van der Waals surface area contributed by atoms with E-state index in [1.807, 2.05) is 37.8 Å². The van der Waals surface area contributed by atoms with Gasteiger partial charge >= 0.3 is 6.18 Å². The second kappa shape index (κ2) is 8.16. The number of nitrogens with zero attached hydrogens (tertiary/aromatic N) is 6. The Hall–Kier alpha value is -2.88. The van der Waals surface area contributed by atoms with Crippen LogP contribution in [-0.4, -0.2) is 50.8 Å². The van der Waals surface area contributed by atoms with Gasteiger partial charge in [0, 0.05) is 24.4 Å². The molecule has 0 aromatic carbocycles. The number of pyridine rings is 1. The third-order valence-corrected chi connectivity index (χ3v) is 6.59. The first-order valence-corrected chi connectivity index (χ1v) is 11.1. The molecular weight excluding hydrogens is 433 g/mol. The molecule has 1 saturated heterocycles. The Morgan fingerprint density at radius 1 is 1.03 bits per heavy atom. The molecule has 0 radical (unpaired) electrons. The molecule has 0 spiro atoms. The molecular formula is C23H25F3N6O. The van der Waals surface area contributed by atoms with Gasteiger partial charge in [0.1, 0.15) is 11.6 Å². The van der Waals surface area contributed by atoms with Crippen molar-refractivity contribution in [2.45, 2.75) is 51.8 Å². The van der Waals surface area contributed by atoms with Gasteiger partial charge in [-0.25, -0.2) is 15.0 Å². The van der Waals surface area contributed by atoms with Crippen LogP contribution in [0.25, 0.3) is 11.2 Å². The first-order chi connectivity index (χ1) is 15.7. The third-order valence-electron chi connectivity index (χ3n) is 6.59. The minimum atomic E-state index is -4.18. The predicted octanol–water partition coefficient (Wildman–Crippen LogP) is 4.37. The van der Waals surface area contributed by atoms with Crippen molar-refractivity contribution < 1.29 is 17.9 Å². The fourth-order valence-corrected chi connectivity index (χ4v) is 4.46. The zero-order valence-corrected chi connectivity index (χ0v) is 18.7. The number of fused-ring (bicyclic) bond motifs is 1. The molecule has 3 aromatic rings. The van der Waals surface area contributed by atoms with E-state index in [0.29, 0.717) is 42.5 Å². The van der Waals surface area contributed by atoms with Crippen LogP contribution in [0, 0.1) is 26.7 Å². The predicted molar refractivity (Wildman–Crippen MR) is 116 cm³/mol. The molecule has 0 N–H and O–H groups in total. The van der Waals surface area contributed by atoms with E-state index >= 15 is 0 Å². The SMILES string of the molecule is Cc1cc([C@H]2CN(c3nc(C4CC(C(F)(F)F)C4)c4nc(C)c(C)nc4n3)CCO2)ccn1. The Morgan fingerprint density at radius 2 is 1.79 bits per heavy atom. The minimum Gasteiger partial charge on any atom is -0.370 e. The van der Waals surface area contributed by atoms with Gasteiger partial charge in [0.2, 0.25) is 5.95 Å². The highest BCUT2D eigenvalue weighted by Gasteiger charge is 2.49. The third kappa shape index (κ3) is 4.23. The maximum atomic E-state index is 13.1. The summed E-state index contributed by atoms with van der Waals surface area (Å²) >= 11 is 0. The molecule has 2 aliphatic rings. The lowest BCUT2D eigenvalue weighted by molar-refractivity contribution is -0.197. The number of halogens is 3. The molecule has 5 rings (SSSR count). The fraction of sp³-hybridized carbons (Fsp3) is 0.522. The van der Waals surface area contributed by atoms with Crippen LogP contribution in [0.15, 0.2) is 18.3 Å². The van der Waals surface area contributed by atoms with Gasteiger partial charge in [0.05, 0.1) is 36.2 Å². The van der Waals surface area contributed by atoms with Crippen molar-refractivity contribution in [1.29, 1.82) is 0 Å². The van der Waals surface area contributed by atoms with E-state index in [2.05, 4.69) is 19.9 Å². The average molecular weight is 458 g/mol. The summed E-state index contributed by atoms with van der Waals surface area (Å²) < 4.78 is 45.4. The van der Waals surface area contributed by atoms with E-state index < -0.39 is 12.1 Å². The highest BCUT2D eigenvalue weighted by atomic mass is 19.4. The summed E-state index contributed by atoms with van der Waals surface area (Å²) in [5.41, 5.74) is 4.89. The van der Waals surface area contributed by atoms with Gasteiger partial charge in [-0.1, -0.05) is 0 Å². The van der Waals surface area contributed by atoms with Gasteiger partial charge in [0.15, 0.2) is 5.65 Å². The lowest BCUT2D eigenvalue weighted by Crippen LogP contribution is -2.40. The zero-order valence-electron chi connectivity index (χ0n) is 18.7. The molecule has 0 amide bonds. The lowest BCUT2D eigenvalue weighted by atomic mass is 9.72. The summed E-state index contributed by atoms with van der Waals surface area (Å²) in [5, 5.41) is 0. The molecule has 33 heavy (non-hydrogen) atoms. The molecule has 4 heterocycles. The van der Waals surface area contributed by atoms with Crippen molar-refractivity contribution in [3.63, 3.8) is 0 Å². The first kappa shape index (κ1) is 21.9. The number of anilines is 1. The molecule has 1 aliphatic heterocycles. The summed E-state index contributed by atoms with van der Waals surface area (Å²) in [4.78, 5) is 24.9. The van der Waals surface area contributed by atoms with Crippen molar-refractivity contribution in [2.24, 2.45) is 5.92 Å². The molecule has 0 bridgehead atoms. The van der Waals surface area contributed by atoms with Crippen LogP contribution in [0.1, 0.15) is 53.2 Å². The van der Waals surface area contributed by atoms with E-state index in [-0.39, 0.29) is 24.9 Å². The molecule has 0 unspecified atom stereocenters. The number of aryl methyl sites for hydroxylation is 3. The molecule has 7 nitrogen and oxygen atoms in total. The van der Waals surface area contributed by atoms with E-state index in [1.165, 1.54) is 0 Å². The van der Waals surface area contributed by atoms with Crippen LogP contribution in [-0.2, 0) is 4.74 Å². The highest BCUT2D eigenvalue weighted by molar-refractivity contribution is 5.75. The minimum absolute atomic E-state index is 0.0195. The Morgan fingerprint density at radius 3 is 2.52 bits per heavy atom. The number of hydrogen-bond donors (Lipinski definition) is 0. The maximum Gasteiger partial charge on any atom is 0.391 e. The number of rotatable bonds is 3. The molecule has 3 aromatic heterocycles. The van der Waals surface area contributed by atoms with Gasteiger partial charge in [-0.3, -0.25) is 4.98 Å². The molecule has 2 fully saturated rings. The van der Waals surface area contributed by atoms with Crippen molar-refractivity contribution >= 4 is 17.1 Å². The number of hydrogen-bond acceptors (Lipinski definition) is 7. The molecule has 1 saturated carbocycles. The van der Waals surface area contributed by atoms with Gasteiger partial charge < -0.3 is 9.64 Å². The van der Waals surface area contributed by atoms with Gasteiger partial charge in [-0.2, -0.15) is 18.2 Å². The lowest BCUT2D eigenvalue weighted by Gasteiger charge is -2.37. The van der Waals surface area contributed by atoms with Crippen LogP contribution in [0.3, 0.4) is 0 Å². The standard InChI is InChI=1S/C23H25F3N6O/c1-12-8-15(4-5-27-12)18-11-32(6-7-33-18)22-30-19(16-9-17(10-16)23(24,25)26)20-21(31-22)29-14(3)13(2)28-20/h4-5,8,16-18H,6-7,9-11H2,1-3H3/t16?,17?,18-/m1/s1. The molecule has 174 valence electrons. The van der Waals surface area contributed by atoms with Crippen molar-refractivity contribution in [3.8, 4) is 0 Å². The number of morpholine rings is 1. The summed E-state index contributed by atoms with van der Waals surface area (Å²) in [6, 6.07) is 3.92. The van der Waals surface area contributed by atoms with Crippen molar-refractivity contribution in [2.75, 3.05) is 24.6 Å². The van der Waals surface area contributed by atoms with Crippen LogP contribution in [0.5, 0.6) is 0 Å². The van der Waals surface area contributed by atoms with Crippen LogP contribution >= 0.6 is 0 Å². The van der Waals surface area contributed by atoms with Gasteiger partial charge in [-0.15, -0.1) is 0 Å². The number of alkyl halides is 3. The molecule has 1 atom stereocenters. The van der Waals surface area contributed by atoms with E-state index in [1.54, 1.807) is 6.20 Å². The van der Waals surface area contributed by atoms with Gasteiger partial charge in [-0.05, 0) is 51.3 Å². The van der Waals surface area contributed by atoms with E-state index in [4.69, 9.17) is 9.72 Å². The summed E-state index contributed by atoms with van der Waals surface area (Å²) in [6.07, 6.45) is -2.56. The highest BCUT2D eigenvalue weighted by Crippen LogP contribution is 2.50. The fourth-order valence-electron chi connectivity index (χ4n) is 4.46. The molecule has 1 aliphatic carbocycles. The maximum absolute atomic E-state index is 13.1. The Labute approximate surface area is 189 Å². The Kier molecular flexibility index (Phi) is 5.43. The summed E-state index contributed by atoms with van der Waals surface area (Å²) in [5.74, 6) is -1.14. The number of aromatic nitrogens is 5. The van der Waals surface area contributed by atoms with Crippen LogP contribution in [0.2, 0.25) is 0 Å². The summed E-state index contributed by atoms with van der Waals surface area (Å²) in [7, 11) is 0.